The first-order chi connectivity index (χ1) is 10.0. The molecule has 5 nitrogen and oxygen atoms in total. The summed E-state index contributed by atoms with van der Waals surface area (Å²) in [5, 5.41) is 9.36. The predicted octanol–water partition coefficient (Wildman–Crippen LogP) is 3.10. The maximum atomic E-state index is 11.7. The van der Waals surface area contributed by atoms with Gasteiger partial charge in [0.15, 0.2) is 0 Å². The summed E-state index contributed by atoms with van der Waals surface area (Å²) in [6.07, 6.45) is 3.25. The lowest BCUT2D eigenvalue weighted by Crippen LogP contribution is -2.07. The van der Waals surface area contributed by atoms with Crippen molar-refractivity contribution in [1.29, 1.82) is 0 Å². The average molecular weight is 313 g/mol. The largest absolute Gasteiger partial charge is 0.506 e. The second-order valence-electron chi connectivity index (χ2n) is 4.23. The molecule has 1 aromatic rings. The highest BCUT2D eigenvalue weighted by atomic mass is 35.5. The van der Waals surface area contributed by atoms with E-state index < -0.39 is 11.9 Å². The summed E-state index contributed by atoms with van der Waals surface area (Å²) in [7, 11) is 0. The van der Waals surface area contributed by atoms with Crippen LogP contribution in [0.2, 0.25) is 5.02 Å². The van der Waals surface area contributed by atoms with E-state index in [0.29, 0.717) is 19.4 Å². The fourth-order valence-electron chi connectivity index (χ4n) is 1.49. The molecule has 1 rings (SSSR count). The van der Waals surface area contributed by atoms with E-state index in [0.717, 1.165) is 12.5 Å². The molecule has 0 fully saturated rings. The highest BCUT2D eigenvalue weighted by molar-refractivity contribution is 6.32. The lowest BCUT2D eigenvalue weighted by Gasteiger charge is -2.06. The van der Waals surface area contributed by atoms with Crippen LogP contribution < -0.4 is 0 Å². The molecule has 114 valence electrons. The summed E-state index contributed by atoms with van der Waals surface area (Å²) >= 11 is 5.71. The monoisotopic (exact) mass is 312 g/mol. The summed E-state index contributed by atoms with van der Waals surface area (Å²) < 4.78 is 9.88. The molecule has 6 heteroatoms. The number of aromatic hydroxyl groups is 1. The Balaban J connectivity index is 2.17. The third-order valence-corrected chi connectivity index (χ3v) is 2.92. The SMILES string of the molecule is C=CC(=O)OCCCCCOC(=O)c1ccc(O)c(Cl)c1. The molecule has 0 radical (unpaired) electrons. The van der Waals surface area contributed by atoms with Gasteiger partial charge in [-0.2, -0.15) is 0 Å². The minimum Gasteiger partial charge on any atom is -0.506 e. The molecule has 0 bridgehead atoms. The van der Waals surface area contributed by atoms with Gasteiger partial charge in [0.05, 0.1) is 23.8 Å². The van der Waals surface area contributed by atoms with Crippen LogP contribution in [0.15, 0.2) is 30.9 Å². The Hall–Kier alpha value is -2.01. The fourth-order valence-corrected chi connectivity index (χ4v) is 1.68. The van der Waals surface area contributed by atoms with E-state index in [1.165, 1.54) is 18.2 Å². The van der Waals surface area contributed by atoms with Gasteiger partial charge in [-0.05, 0) is 37.5 Å². The first-order valence-corrected chi connectivity index (χ1v) is 6.87. The molecular weight excluding hydrogens is 296 g/mol. The topological polar surface area (TPSA) is 72.8 Å². The van der Waals surface area contributed by atoms with Gasteiger partial charge in [-0.15, -0.1) is 0 Å². The zero-order chi connectivity index (χ0) is 15.7. The van der Waals surface area contributed by atoms with Gasteiger partial charge >= 0.3 is 11.9 Å². The molecule has 0 aliphatic rings. The van der Waals surface area contributed by atoms with Crippen LogP contribution >= 0.6 is 11.6 Å². The Morgan fingerprint density at radius 1 is 1.19 bits per heavy atom. The van der Waals surface area contributed by atoms with E-state index >= 15 is 0 Å². The predicted molar refractivity (Wildman–Crippen MR) is 78.4 cm³/mol. The van der Waals surface area contributed by atoms with Gasteiger partial charge in [0.1, 0.15) is 5.75 Å². The molecule has 0 amide bonds. The van der Waals surface area contributed by atoms with Crippen LogP contribution in [0.1, 0.15) is 29.6 Å². The minimum atomic E-state index is -0.491. The molecule has 0 saturated heterocycles. The first kappa shape index (κ1) is 17.0. The van der Waals surface area contributed by atoms with Crippen LogP contribution in [0.5, 0.6) is 5.75 Å². The second-order valence-corrected chi connectivity index (χ2v) is 4.64. The van der Waals surface area contributed by atoms with Crippen molar-refractivity contribution < 1.29 is 24.2 Å². The molecule has 0 heterocycles. The highest BCUT2D eigenvalue weighted by Crippen LogP contribution is 2.23. The summed E-state index contributed by atoms with van der Waals surface area (Å²) in [5.41, 5.74) is 0.290. The zero-order valence-electron chi connectivity index (χ0n) is 11.5. The number of esters is 2. The number of halogens is 1. The molecule has 1 aromatic carbocycles. The zero-order valence-corrected chi connectivity index (χ0v) is 12.3. The number of rotatable bonds is 8. The van der Waals surface area contributed by atoms with E-state index in [1.54, 1.807) is 0 Å². The quantitative estimate of drug-likeness (QED) is 0.453. The lowest BCUT2D eigenvalue weighted by molar-refractivity contribution is -0.137. The van der Waals surface area contributed by atoms with Gasteiger partial charge in [-0.1, -0.05) is 18.2 Å². The average Bonchev–Trinajstić information content (AvgIpc) is 2.48. The number of carbonyl (C=O) groups excluding carboxylic acids is 2. The van der Waals surface area contributed by atoms with E-state index in [9.17, 15) is 14.7 Å². The van der Waals surface area contributed by atoms with E-state index in [2.05, 4.69) is 6.58 Å². The Morgan fingerprint density at radius 3 is 2.48 bits per heavy atom. The normalized spacial score (nSPS) is 9.95. The van der Waals surface area contributed by atoms with Gasteiger partial charge in [0.2, 0.25) is 0 Å². The van der Waals surface area contributed by atoms with Crippen molar-refractivity contribution in [2.45, 2.75) is 19.3 Å². The molecular formula is C15H17ClO5. The Morgan fingerprint density at radius 2 is 1.86 bits per heavy atom. The maximum absolute atomic E-state index is 11.7. The number of phenolic OH excluding ortho intramolecular Hbond substituents is 1. The van der Waals surface area contributed by atoms with Gasteiger partial charge < -0.3 is 14.6 Å². The van der Waals surface area contributed by atoms with Gasteiger partial charge in [0.25, 0.3) is 0 Å². The molecule has 0 aromatic heterocycles. The van der Waals surface area contributed by atoms with Gasteiger partial charge in [0, 0.05) is 6.08 Å². The number of carbonyl (C=O) groups is 2. The van der Waals surface area contributed by atoms with Crippen LogP contribution in [0.3, 0.4) is 0 Å². The number of ether oxygens (including phenoxy) is 2. The van der Waals surface area contributed by atoms with Crippen LogP contribution in [-0.4, -0.2) is 30.3 Å². The van der Waals surface area contributed by atoms with Crippen molar-refractivity contribution in [1.82, 2.24) is 0 Å². The molecule has 21 heavy (non-hydrogen) atoms. The van der Waals surface area contributed by atoms with Crippen molar-refractivity contribution in [3.8, 4) is 5.75 Å². The molecule has 0 spiro atoms. The molecule has 0 aliphatic carbocycles. The third kappa shape index (κ3) is 6.31. The third-order valence-electron chi connectivity index (χ3n) is 2.62. The fraction of sp³-hybridized carbons (Fsp3) is 0.333. The first-order valence-electron chi connectivity index (χ1n) is 6.49. The molecule has 1 N–H and O–H groups in total. The molecule has 0 saturated carbocycles. The van der Waals surface area contributed by atoms with Crippen LogP contribution in [0, 0.1) is 0 Å². The molecule has 0 atom stereocenters. The van der Waals surface area contributed by atoms with Crippen LogP contribution in [0.25, 0.3) is 0 Å². The van der Waals surface area contributed by atoms with Crippen molar-refractivity contribution in [3.05, 3.63) is 41.4 Å². The Labute approximate surface area is 128 Å². The minimum absolute atomic E-state index is 0.0812. The number of hydrogen-bond acceptors (Lipinski definition) is 5. The molecule has 0 aliphatic heterocycles. The van der Waals surface area contributed by atoms with Crippen molar-refractivity contribution in [2.24, 2.45) is 0 Å². The van der Waals surface area contributed by atoms with Crippen molar-refractivity contribution in [2.75, 3.05) is 13.2 Å². The Bertz CT molecular complexity index is 513. The number of unbranched alkanes of at least 4 members (excludes halogenated alkanes) is 2. The van der Waals surface area contributed by atoms with E-state index in [-0.39, 0.29) is 22.9 Å². The van der Waals surface area contributed by atoms with E-state index in [4.69, 9.17) is 21.1 Å². The summed E-state index contributed by atoms with van der Waals surface area (Å²) in [6, 6.07) is 4.14. The smallest absolute Gasteiger partial charge is 0.338 e. The van der Waals surface area contributed by atoms with Crippen molar-refractivity contribution in [3.63, 3.8) is 0 Å². The van der Waals surface area contributed by atoms with Gasteiger partial charge in [-0.3, -0.25) is 0 Å². The second kappa shape index (κ2) is 9.02. The highest BCUT2D eigenvalue weighted by Gasteiger charge is 2.09. The number of benzene rings is 1. The van der Waals surface area contributed by atoms with E-state index in [1.807, 2.05) is 0 Å². The Kier molecular flexibility index (Phi) is 7.32. The van der Waals surface area contributed by atoms with Gasteiger partial charge in [-0.25, -0.2) is 9.59 Å². The summed E-state index contributed by atoms with van der Waals surface area (Å²) in [5.74, 6) is -1.01. The maximum Gasteiger partial charge on any atom is 0.338 e. The number of hydrogen-bond donors (Lipinski definition) is 1. The molecule has 0 unspecified atom stereocenters. The summed E-state index contributed by atoms with van der Waals surface area (Å²) in [6.45, 7) is 3.89. The lowest BCUT2D eigenvalue weighted by atomic mass is 10.2. The van der Waals surface area contributed by atoms with Crippen LogP contribution in [0.4, 0.5) is 0 Å². The van der Waals surface area contributed by atoms with Crippen molar-refractivity contribution >= 4 is 23.5 Å². The summed E-state index contributed by atoms with van der Waals surface area (Å²) in [4.78, 5) is 22.4. The standard InChI is InChI=1S/C15H17ClO5/c1-2-14(18)20-8-4-3-5-9-21-15(19)11-6-7-13(17)12(16)10-11/h2,6-7,10,17H,1,3-5,8-9H2. The van der Waals surface area contributed by atoms with Crippen LogP contribution in [-0.2, 0) is 14.3 Å². The number of phenols is 1.